The quantitative estimate of drug-likeness (QED) is 0.162. The average Bonchev–Trinajstić information content (AvgIpc) is 3.85. The van der Waals surface area contributed by atoms with E-state index in [0.717, 1.165) is 66.8 Å². The topological polar surface area (TPSA) is 55.1 Å². The Morgan fingerprint density at radius 3 is 1.60 bits per heavy atom. The highest BCUT2D eigenvalue weighted by Crippen LogP contribution is 2.41. The third-order valence-electron chi connectivity index (χ3n) is 10.5. The van der Waals surface area contributed by atoms with Crippen molar-refractivity contribution in [2.45, 2.75) is 0 Å². The van der Waals surface area contributed by atoms with Crippen molar-refractivity contribution in [3.05, 3.63) is 194 Å². The summed E-state index contributed by atoms with van der Waals surface area (Å²) in [4.78, 5) is 17.0. The van der Waals surface area contributed by atoms with Crippen molar-refractivity contribution in [2.24, 2.45) is 0 Å². The molecule has 0 atom stereocenters. The summed E-state index contributed by atoms with van der Waals surface area (Å²) >= 11 is 1.84. The molecule has 0 fully saturated rings. The SMILES string of the molecule is c1ccc(-c2nc(-c3ccccc3)nc(-c3ccc4c(c3)oc3ccc(-c5ccc(N(c6ccccc6)c6ccc7c(c6)sc6ccccc67)cc5)cc34)n2)cc1. The highest BCUT2D eigenvalue weighted by Gasteiger charge is 2.17. The molecular weight excluding hydrogens is 717 g/mol. The lowest BCUT2D eigenvalue weighted by molar-refractivity contribution is 0.669. The van der Waals surface area contributed by atoms with Crippen molar-refractivity contribution in [3.63, 3.8) is 0 Å². The van der Waals surface area contributed by atoms with E-state index >= 15 is 0 Å². The molecule has 11 rings (SSSR count). The van der Waals surface area contributed by atoms with Gasteiger partial charge in [0.2, 0.25) is 0 Å². The molecule has 57 heavy (non-hydrogen) atoms. The normalized spacial score (nSPS) is 11.5. The van der Waals surface area contributed by atoms with E-state index in [-0.39, 0.29) is 0 Å². The Hall–Kier alpha value is -7.41. The van der Waals surface area contributed by atoms with Gasteiger partial charge in [-0.2, -0.15) is 0 Å². The summed E-state index contributed by atoms with van der Waals surface area (Å²) in [6.45, 7) is 0. The van der Waals surface area contributed by atoms with E-state index in [1.54, 1.807) is 0 Å². The summed E-state index contributed by atoms with van der Waals surface area (Å²) in [7, 11) is 0. The summed E-state index contributed by atoms with van der Waals surface area (Å²) in [5.41, 5.74) is 9.94. The van der Waals surface area contributed by atoms with Crippen molar-refractivity contribution >= 4 is 70.5 Å². The van der Waals surface area contributed by atoms with Crippen LogP contribution in [0, 0.1) is 0 Å². The molecule has 0 aliphatic heterocycles. The molecule has 11 aromatic rings. The number of hydrogen-bond acceptors (Lipinski definition) is 6. The Labute approximate surface area is 332 Å². The number of benzene rings is 8. The van der Waals surface area contributed by atoms with Crippen molar-refractivity contribution in [2.75, 3.05) is 4.90 Å². The number of fused-ring (bicyclic) bond motifs is 6. The van der Waals surface area contributed by atoms with E-state index in [4.69, 9.17) is 19.4 Å². The summed E-state index contributed by atoms with van der Waals surface area (Å²) in [6, 6.07) is 67.6. The zero-order chi connectivity index (χ0) is 37.7. The number of hydrogen-bond donors (Lipinski definition) is 0. The van der Waals surface area contributed by atoms with Crippen LogP contribution in [0.25, 0.3) is 87.4 Å². The molecule has 0 saturated carbocycles. The number of thiophene rings is 1. The second-order valence-corrected chi connectivity index (χ2v) is 15.1. The van der Waals surface area contributed by atoms with Gasteiger partial charge in [0.1, 0.15) is 11.2 Å². The maximum Gasteiger partial charge on any atom is 0.164 e. The molecule has 0 unspecified atom stereocenters. The first-order chi connectivity index (χ1) is 28.2. The van der Waals surface area contributed by atoms with Crippen molar-refractivity contribution in [1.29, 1.82) is 0 Å². The van der Waals surface area contributed by atoms with E-state index in [0.29, 0.717) is 17.5 Å². The Morgan fingerprint density at radius 2 is 0.877 bits per heavy atom. The third kappa shape index (κ3) is 6.00. The zero-order valence-electron chi connectivity index (χ0n) is 30.6. The number of anilines is 3. The summed E-state index contributed by atoms with van der Waals surface area (Å²) in [5, 5.41) is 4.70. The lowest BCUT2D eigenvalue weighted by atomic mass is 10.0. The number of rotatable bonds is 7. The van der Waals surface area contributed by atoms with Crippen molar-refractivity contribution in [1.82, 2.24) is 15.0 Å². The first-order valence-corrected chi connectivity index (χ1v) is 19.7. The van der Waals surface area contributed by atoms with Crippen LogP contribution < -0.4 is 4.90 Å². The van der Waals surface area contributed by atoms with Crippen LogP contribution in [-0.2, 0) is 0 Å². The molecule has 3 aromatic heterocycles. The average molecular weight is 749 g/mol. The highest BCUT2D eigenvalue weighted by molar-refractivity contribution is 7.25. The maximum absolute atomic E-state index is 6.46. The molecule has 0 radical (unpaired) electrons. The number of para-hydroxylation sites is 1. The van der Waals surface area contributed by atoms with Crippen LogP contribution in [0.1, 0.15) is 0 Å². The molecule has 268 valence electrons. The highest BCUT2D eigenvalue weighted by atomic mass is 32.1. The van der Waals surface area contributed by atoms with E-state index in [1.165, 1.54) is 20.2 Å². The van der Waals surface area contributed by atoms with Gasteiger partial charge in [-0.15, -0.1) is 11.3 Å². The minimum atomic E-state index is 0.596. The van der Waals surface area contributed by atoms with E-state index in [2.05, 4.69) is 132 Å². The lowest BCUT2D eigenvalue weighted by Crippen LogP contribution is -2.09. The van der Waals surface area contributed by atoms with Crippen molar-refractivity contribution in [3.8, 4) is 45.3 Å². The van der Waals surface area contributed by atoms with Gasteiger partial charge < -0.3 is 9.32 Å². The molecule has 0 saturated heterocycles. The Bertz CT molecular complexity index is 3170. The summed E-state index contributed by atoms with van der Waals surface area (Å²) in [5.74, 6) is 1.85. The van der Waals surface area contributed by atoms with Crippen LogP contribution in [0.4, 0.5) is 17.1 Å². The molecule has 3 heterocycles. The molecule has 0 aliphatic rings. The van der Waals surface area contributed by atoms with Gasteiger partial charge in [0.05, 0.1) is 0 Å². The van der Waals surface area contributed by atoms with Gasteiger partial charge in [-0.05, 0) is 77.9 Å². The Morgan fingerprint density at radius 1 is 0.333 bits per heavy atom. The van der Waals surface area contributed by atoms with Gasteiger partial charge in [-0.25, -0.2) is 15.0 Å². The van der Waals surface area contributed by atoms with Crippen LogP contribution in [0.15, 0.2) is 199 Å². The predicted molar refractivity (Wildman–Crippen MR) is 236 cm³/mol. The lowest BCUT2D eigenvalue weighted by Gasteiger charge is -2.25. The summed E-state index contributed by atoms with van der Waals surface area (Å²) < 4.78 is 9.04. The van der Waals surface area contributed by atoms with Gasteiger partial charge in [-0.1, -0.05) is 127 Å². The molecule has 8 aromatic carbocycles. The van der Waals surface area contributed by atoms with Crippen LogP contribution in [0.5, 0.6) is 0 Å². The molecule has 0 N–H and O–H groups in total. The number of aromatic nitrogens is 3. The van der Waals surface area contributed by atoms with Gasteiger partial charge in [0.25, 0.3) is 0 Å². The van der Waals surface area contributed by atoms with Crippen LogP contribution >= 0.6 is 11.3 Å². The minimum absolute atomic E-state index is 0.596. The van der Waals surface area contributed by atoms with E-state index in [1.807, 2.05) is 78.1 Å². The third-order valence-corrected chi connectivity index (χ3v) is 11.7. The monoisotopic (exact) mass is 748 g/mol. The first-order valence-electron chi connectivity index (χ1n) is 18.9. The van der Waals surface area contributed by atoms with Gasteiger partial charge in [-0.3, -0.25) is 0 Å². The fourth-order valence-electron chi connectivity index (χ4n) is 7.71. The Balaban J connectivity index is 0.943. The predicted octanol–water partition coefficient (Wildman–Crippen LogP) is 14.3. The van der Waals surface area contributed by atoms with Gasteiger partial charge in [0, 0.05) is 64.7 Å². The molecule has 0 amide bonds. The van der Waals surface area contributed by atoms with Crippen molar-refractivity contribution < 1.29 is 4.42 Å². The maximum atomic E-state index is 6.46. The second-order valence-electron chi connectivity index (χ2n) is 14.1. The van der Waals surface area contributed by atoms with Gasteiger partial charge >= 0.3 is 0 Å². The molecule has 0 bridgehead atoms. The minimum Gasteiger partial charge on any atom is -0.456 e. The first kappa shape index (κ1) is 33.0. The van der Waals surface area contributed by atoms with Gasteiger partial charge in [0.15, 0.2) is 17.5 Å². The number of furan rings is 1. The number of nitrogens with zero attached hydrogens (tertiary/aromatic N) is 4. The fourth-order valence-corrected chi connectivity index (χ4v) is 8.85. The molecular formula is C51H32N4OS. The summed E-state index contributed by atoms with van der Waals surface area (Å²) in [6.07, 6.45) is 0. The molecule has 0 aliphatic carbocycles. The second kappa shape index (κ2) is 13.7. The van der Waals surface area contributed by atoms with Crippen LogP contribution in [0.3, 0.4) is 0 Å². The largest absolute Gasteiger partial charge is 0.456 e. The van der Waals surface area contributed by atoms with Crippen LogP contribution in [0.2, 0.25) is 0 Å². The van der Waals surface area contributed by atoms with Crippen LogP contribution in [-0.4, -0.2) is 15.0 Å². The van der Waals surface area contributed by atoms with E-state index < -0.39 is 0 Å². The van der Waals surface area contributed by atoms with E-state index in [9.17, 15) is 0 Å². The molecule has 6 heteroatoms. The Kier molecular flexibility index (Phi) is 7.93. The zero-order valence-corrected chi connectivity index (χ0v) is 31.4. The smallest absolute Gasteiger partial charge is 0.164 e. The standard InChI is InChI=1S/C51H32N4OS/c1-4-12-34(13-5-1)49-52-50(35-14-6-2-7-15-35)54-51(53-49)37-22-27-41-44-30-36(23-29-45(44)56-46(41)31-37)33-20-24-39(25-21-33)55(38-16-8-3-9-17-38)40-26-28-43-42-18-10-11-19-47(42)57-48(43)32-40/h1-32H. The molecule has 5 nitrogen and oxygen atoms in total. The molecule has 0 spiro atoms. The fraction of sp³-hybridized carbons (Fsp3) is 0.